The van der Waals surface area contributed by atoms with Gasteiger partial charge in [-0.3, -0.25) is 0 Å². The highest BCUT2D eigenvalue weighted by molar-refractivity contribution is 7.84. The number of rotatable bonds is 8. The van der Waals surface area contributed by atoms with Crippen LogP contribution in [0.25, 0.3) is 11.1 Å². The Morgan fingerprint density at radius 3 is 1.44 bits per heavy atom. The molecule has 0 amide bonds. The highest BCUT2D eigenvalue weighted by Gasteiger charge is 2.25. The molecule has 0 saturated heterocycles. The summed E-state index contributed by atoms with van der Waals surface area (Å²) in [6, 6.07) is 55.8. The van der Waals surface area contributed by atoms with E-state index in [1.54, 1.807) is 0 Å². The van der Waals surface area contributed by atoms with Crippen LogP contribution in [0.3, 0.4) is 0 Å². The number of hydrogen-bond donors (Lipinski definition) is 0. The van der Waals surface area contributed by atoms with Crippen LogP contribution >= 0.6 is 27.2 Å². The van der Waals surface area contributed by atoms with Crippen LogP contribution in [0, 0.1) is 6.92 Å². The zero-order valence-corrected chi connectivity index (χ0v) is 24.5. The first-order valence-corrected chi connectivity index (χ1v) is 16.9. The lowest BCUT2D eigenvalue weighted by Gasteiger charge is -2.23. The Kier molecular flexibility index (Phi) is 8.13. The molecule has 0 aliphatic carbocycles. The molecular formula is C36H30P2S. The van der Waals surface area contributed by atoms with Gasteiger partial charge < -0.3 is 0 Å². The van der Waals surface area contributed by atoms with E-state index in [0.29, 0.717) is 0 Å². The number of aryl methyl sites for hydroxylation is 1. The third kappa shape index (κ3) is 5.83. The standard InChI is InChI=1S/C36H30P2S/c1-28-26-35(36(39-28)38(32-21-10-4-11-22-32)33-23-12-5-13-24-33)34-25-15-14-16-29(34)27-37(30-17-6-2-7-18-30)31-19-8-3-9-20-31/h2-26H,27H2,1H3. The fourth-order valence-electron chi connectivity index (χ4n) is 5.04. The average molecular weight is 557 g/mol. The summed E-state index contributed by atoms with van der Waals surface area (Å²) in [5, 5.41) is 5.64. The summed E-state index contributed by atoms with van der Waals surface area (Å²) in [7, 11) is -1.20. The SMILES string of the molecule is Cc1cc(-c2ccccc2CP(c2ccccc2)c2ccccc2)c(P(c2ccccc2)c2ccccc2)s1. The Bertz CT molecular complexity index is 1550. The lowest BCUT2D eigenvalue weighted by molar-refractivity contribution is 1.40. The summed E-state index contributed by atoms with van der Waals surface area (Å²) < 4.78 is 1.48. The molecule has 0 unspecified atom stereocenters. The van der Waals surface area contributed by atoms with Gasteiger partial charge in [0, 0.05) is 21.2 Å². The predicted octanol–water partition coefficient (Wildman–Crippen LogP) is 8.11. The highest BCUT2D eigenvalue weighted by atomic mass is 32.1. The fourth-order valence-corrected chi connectivity index (χ4v) is 11.7. The van der Waals surface area contributed by atoms with E-state index < -0.39 is 15.8 Å². The Morgan fingerprint density at radius 2 is 0.923 bits per heavy atom. The molecule has 1 heterocycles. The third-order valence-electron chi connectivity index (χ3n) is 6.84. The molecule has 0 N–H and O–H groups in total. The molecule has 190 valence electrons. The average Bonchev–Trinajstić information content (AvgIpc) is 3.38. The number of benzene rings is 5. The van der Waals surface area contributed by atoms with E-state index in [1.165, 1.54) is 47.4 Å². The van der Waals surface area contributed by atoms with Crippen molar-refractivity contribution in [1.29, 1.82) is 0 Å². The topological polar surface area (TPSA) is 0 Å². The van der Waals surface area contributed by atoms with Crippen molar-refractivity contribution in [1.82, 2.24) is 0 Å². The minimum absolute atomic E-state index is 0.531. The van der Waals surface area contributed by atoms with Gasteiger partial charge in [-0.15, -0.1) is 11.3 Å². The summed E-state index contributed by atoms with van der Waals surface area (Å²) in [4.78, 5) is 1.36. The van der Waals surface area contributed by atoms with Crippen LogP contribution in [0.5, 0.6) is 0 Å². The normalized spacial score (nSPS) is 11.3. The maximum atomic E-state index is 2.42. The van der Waals surface area contributed by atoms with Crippen molar-refractivity contribution < 1.29 is 0 Å². The molecule has 6 rings (SSSR count). The van der Waals surface area contributed by atoms with Crippen LogP contribution in [-0.2, 0) is 6.16 Å². The van der Waals surface area contributed by atoms with E-state index in [4.69, 9.17) is 0 Å². The summed E-state index contributed by atoms with van der Waals surface area (Å²) >= 11 is 1.96. The van der Waals surface area contributed by atoms with E-state index in [2.05, 4.69) is 159 Å². The van der Waals surface area contributed by atoms with Crippen LogP contribution in [0.1, 0.15) is 10.4 Å². The van der Waals surface area contributed by atoms with Crippen LogP contribution in [0.2, 0.25) is 0 Å². The van der Waals surface area contributed by atoms with Gasteiger partial charge >= 0.3 is 0 Å². The molecular weight excluding hydrogens is 526 g/mol. The largest absolute Gasteiger partial charge is 0.139 e. The lowest BCUT2D eigenvalue weighted by atomic mass is 10.0. The summed E-state index contributed by atoms with van der Waals surface area (Å²) in [6.07, 6.45) is 1.02. The van der Waals surface area contributed by atoms with Gasteiger partial charge in [-0.05, 0) is 61.2 Å². The maximum Gasteiger partial charge on any atom is 0.0449 e. The smallest absolute Gasteiger partial charge is 0.0449 e. The zero-order valence-electron chi connectivity index (χ0n) is 21.9. The fraction of sp³-hybridized carbons (Fsp3) is 0.0556. The van der Waals surface area contributed by atoms with Gasteiger partial charge in [0.25, 0.3) is 0 Å². The van der Waals surface area contributed by atoms with Crippen LogP contribution in [-0.4, -0.2) is 0 Å². The second-order valence-corrected chi connectivity index (χ2v) is 15.4. The van der Waals surface area contributed by atoms with E-state index in [0.717, 1.165) is 6.16 Å². The number of thiophene rings is 1. The predicted molar refractivity (Wildman–Crippen MR) is 176 cm³/mol. The second-order valence-electron chi connectivity index (χ2n) is 9.50. The van der Waals surface area contributed by atoms with E-state index in [9.17, 15) is 0 Å². The zero-order chi connectivity index (χ0) is 26.4. The molecule has 0 spiro atoms. The minimum atomic E-state index is -0.666. The quantitative estimate of drug-likeness (QED) is 0.166. The van der Waals surface area contributed by atoms with Crippen LogP contribution in [0.4, 0.5) is 0 Å². The van der Waals surface area contributed by atoms with Crippen molar-refractivity contribution in [2.45, 2.75) is 13.1 Å². The van der Waals surface area contributed by atoms with Crippen molar-refractivity contribution in [3.8, 4) is 11.1 Å². The summed E-state index contributed by atoms with van der Waals surface area (Å²) in [5.74, 6) is 0. The Labute approximate surface area is 238 Å². The Morgan fingerprint density at radius 1 is 0.487 bits per heavy atom. The molecule has 0 bridgehead atoms. The molecule has 5 aromatic carbocycles. The first-order valence-electron chi connectivity index (χ1n) is 13.2. The van der Waals surface area contributed by atoms with E-state index in [-0.39, 0.29) is 0 Å². The molecule has 3 heteroatoms. The molecule has 0 nitrogen and oxygen atoms in total. The van der Waals surface area contributed by atoms with Gasteiger partial charge in [-0.25, -0.2) is 0 Å². The Hall–Kier alpha value is -3.34. The first kappa shape index (κ1) is 25.9. The minimum Gasteiger partial charge on any atom is -0.139 e. The van der Waals surface area contributed by atoms with Crippen molar-refractivity contribution in [2.24, 2.45) is 0 Å². The second kappa shape index (κ2) is 12.2. The molecule has 0 saturated carbocycles. The first-order chi connectivity index (χ1) is 19.3. The lowest BCUT2D eigenvalue weighted by Crippen LogP contribution is -2.20. The van der Waals surface area contributed by atoms with Gasteiger partial charge in [-0.2, -0.15) is 0 Å². The van der Waals surface area contributed by atoms with Crippen molar-refractivity contribution >= 4 is 53.0 Å². The maximum absolute atomic E-state index is 2.42. The van der Waals surface area contributed by atoms with Crippen LogP contribution < -0.4 is 25.8 Å². The van der Waals surface area contributed by atoms with Crippen LogP contribution in [0.15, 0.2) is 152 Å². The molecule has 0 fully saturated rings. The van der Waals surface area contributed by atoms with Gasteiger partial charge in [0.15, 0.2) is 0 Å². The molecule has 1 aromatic heterocycles. The molecule has 39 heavy (non-hydrogen) atoms. The van der Waals surface area contributed by atoms with Gasteiger partial charge in [0.05, 0.1) is 0 Å². The molecule has 6 aromatic rings. The van der Waals surface area contributed by atoms with E-state index >= 15 is 0 Å². The summed E-state index contributed by atoms with van der Waals surface area (Å²) in [5.41, 5.74) is 4.19. The third-order valence-corrected chi connectivity index (χ3v) is 13.3. The number of hydrogen-bond acceptors (Lipinski definition) is 1. The molecule has 0 aliphatic heterocycles. The Balaban J connectivity index is 1.48. The van der Waals surface area contributed by atoms with Gasteiger partial charge in [0.2, 0.25) is 0 Å². The van der Waals surface area contributed by atoms with Crippen molar-refractivity contribution in [3.05, 3.63) is 162 Å². The van der Waals surface area contributed by atoms with Crippen molar-refractivity contribution in [3.63, 3.8) is 0 Å². The molecule has 0 aliphatic rings. The van der Waals surface area contributed by atoms with Gasteiger partial charge in [-0.1, -0.05) is 146 Å². The van der Waals surface area contributed by atoms with Crippen molar-refractivity contribution in [2.75, 3.05) is 0 Å². The van der Waals surface area contributed by atoms with E-state index in [1.807, 2.05) is 11.3 Å². The molecule has 0 atom stereocenters. The summed E-state index contributed by atoms with van der Waals surface area (Å²) in [6.45, 7) is 2.25. The molecule has 0 radical (unpaired) electrons. The highest BCUT2D eigenvalue weighted by Crippen LogP contribution is 2.44. The van der Waals surface area contributed by atoms with Gasteiger partial charge in [0.1, 0.15) is 0 Å². The monoisotopic (exact) mass is 556 g/mol.